The summed E-state index contributed by atoms with van der Waals surface area (Å²) < 4.78 is 2.85. The van der Waals surface area contributed by atoms with Gasteiger partial charge in [-0.2, -0.15) is 5.10 Å². The zero-order valence-electron chi connectivity index (χ0n) is 18.6. The maximum Gasteiger partial charge on any atom is 0.283 e. The van der Waals surface area contributed by atoms with E-state index in [4.69, 9.17) is 0 Å². The van der Waals surface area contributed by atoms with Gasteiger partial charge in [0.15, 0.2) is 5.65 Å². The summed E-state index contributed by atoms with van der Waals surface area (Å²) in [6, 6.07) is 6.00. The second-order valence-electron chi connectivity index (χ2n) is 8.82. The molecule has 0 atom stereocenters. The van der Waals surface area contributed by atoms with Crippen LogP contribution in [0.15, 0.2) is 35.5 Å². The number of benzene rings is 1. The van der Waals surface area contributed by atoms with Crippen LogP contribution in [0.3, 0.4) is 0 Å². The molecule has 1 N–H and O–H groups in total. The zero-order chi connectivity index (χ0) is 22.0. The van der Waals surface area contributed by atoms with Crippen molar-refractivity contribution >= 4 is 16.9 Å². The Kier molecular flexibility index (Phi) is 6.20. The van der Waals surface area contributed by atoms with Crippen LogP contribution in [-0.2, 0) is 4.79 Å². The third-order valence-electron chi connectivity index (χ3n) is 6.64. The van der Waals surface area contributed by atoms with Crippen LogP contribution in [0.1, 0.15) is 63.0 Å². The van der Waals surface area contributed by atoms with E-state index in [9.17, 15) is 9.59 Å². The Morgan fingerprint density at radius 3 is 2.65 bits per heavy atom. The molecular weight excluding hydrogens is 390 g/mol. The maximum absolute atomic E-state index is 12.9. The van der Waals surface area contributed by atoms with Gasteiger partial charge in [0, 0.05) is 5.92 Å². The van der Waals surface area contributed by atoms with Crippen molar-refractivity contribution in [3.63, 3.8) is 0 Å². The molecule has 1 aromatic carbocycles. The fourth-order valence-corrected chi connectivity index (χ4v) is 4.45. The highest BCUT2D eigenvalue weighted by molar-refractivity contribution is 5.86. The summed E-state index contributed by atoms with van der Waals surface area (Å²) in [4.78, 5) is 30.1. The van der Waals surface area contributed by atoms with E-state index >= 15 is 0 Å². The topological polar surface area (TPSA) is 81.8 Å². The second kappa shape index (κ2) is 9.04. The first-order valence-corrected chi connectivity index (χ1v) is 11.3. The lowest BCUT2D eigenvalue weighted by Crippen LogP contribution is -2.37. The smallest absolute Gasteiger partial charge is 0.273 e. The van der Waals surface area contributed by atoms with Gasteiger partial charge in [-0.3, -0.25) is 15.0 Å². The van der Waals surface area contributed by atoms with E-state index < -0.39 is 0 Å². The number of carbonyl (C=O) groups excluding carboxylic acids is 1. The number of hydrogen-bond donors (Lipinski definition) is 1. The standard InChI is InChI=1S/C24H31N5O2/c1-4-5-6-18-8-10-19(11-9-18)23(30)27-28-15-25-22-21(24(28)31)14-26-29(22)20-12-7-16(2)17(3)13-20/h7,12-15,18-19H,4-6,8-11H2,1-3H3,(H,27,30). The molecule has 4 rings (SSSR count). The molecule has 0 bridgehead atoms. The highest BCUT2D eigenvalue weighted by Gasteiger charge is 2.26. The van der Waals surface area contributed by atoms with Crippen LogP contribution >= 0.6 is 0 Å². The van der Waals surface area contributed by atoms with Crippen molar-refractivity contribution in [3.8, 4) is 5.69 Å². The lowest BCUT2D eigenvalue weighted by atomic mass is 9.79. The zero-order valence-corrected chi connectivity index (χ0v) is 18.6. The van der Waals surface area contributed by atoms with Gasteiger partial charge in [-0.25, -0.2) is 14.3 Å². The van der Waals surface area contributed by atoms with Gasteiger partial charge in [0.1, 0.15) is 11.7 Å². The molecule has 1 amide bonds. The minimum absolute atomic E-state index is 0.0428. The molecule has 7 heteroatoms. The molecule has 1 fully saturated rings. The Morgan fingerprint density at radius 2 is 1.94 bits per heavy atom. The minimum Gasteiger partial charge on any atom is -0.273 e. The molecule has 0 unspecified atom stereocenters. The third-order valence-corrected chi connectivity index (χ3v) is 6.64. The van der Waals surface area contributed by atoms with Crippen molar-refractivity contribution in [2.24, 2.45) is 11.8 Å². The number of nitrogens with one attached hydrogen (secondary N) is 1. The molecule has 1 aliphatic carbocycles. The number of unbranched alkanes of at least 4 members (excludes halogenated alkanes) is 1. The lowest BCUT2D eigenvalue weighted by Gasteiger charge is -2.27. The first-order chi connectivity index (χ1) is 15.0. The summed E-state index contributed by atoms with van der Waals surface area (Å²) in [7, 11) is 0. The van der Waals surface area contributed by atoms with Crippen LogP contribution < -0.4 is 11.0 Å². The van der Waals surface area contributed by atoms with Crippen molar-refractivity contribution in [3.05, 3.63) is 52.2 Å². The van der Waals surface area contributed by atoms with E-state index in [1.165, 1.54) is 42.0 Å². The molecule has 31 heavy (non-hydrogen) atoms. The number of hydrogen-bond acceptors (Lipinski definition) is 4. The van der Waals surface area contributed by atoms with Crippen LogP contribution in [0, 0.1) is 25.7 Å². The van der Waals surface area contributed by atoms with Gasteiger partial charge < -0.3 is 0 Å². The Morgan fingerprint density at radius 1 is 1.16 bits per heavy atom. The molecule has 0 radical (unpaired) electrons. The summed E-state index contributed by atoms with van der Waals surface area (Å²) in [6.45, 7) is 6.31. The largest absolute Gasteiger partial charge is 0.283 e. The molecule has 164 valence electrons. The van der Waals surface area contributed by atoms with E-state index in [1.807, 2.05) is 25.1 Å². The van der Waals surface area contributed by atoms with Crippen molar-refractivity contribution in [2.45, 2.75) is 65.7 Å². The molecule has 1 saturated carbocycles. The molecule has 7 nitrogen and oxygen atoms in total. The predicted octanol–water partition coefficient (Wildman–Crippen LogP) is 4.27. The summed E-state index contributed by atoms with van der Waals surface area (Å²) in [5.74, 6) is 0.596. The van der Waals surface area contributed by atoms with Gasteiger partial charge in [-0.05, 0) is 68.7 Å². The first-order valence-electron chi connectivity index (χ1n) is 11.3. The van der Waals surface area contributed by atoms with Crippen LogP contribution in [0.25, 0.3) is 16.7 Å². The number of fused-ring (bicyclic) bond motifs is 1. The van der Waals surface area contributed by atoms with Crippen LogP contribution in [0.4, 0.5) is 0 Å². The number of aryl methyl sites for hydroxylation is 2. The summed E-state index contributed by atoms with van der Waals surface area (Å²) in [5, 5.41) is 4.75. The van der Waals surface area contributed by atoms with E-state index in [-0.39, 0.29) is 17.4 Å². The van der Waals surface area contributed by atoms with Gasteiger partial charge in [0.2, 0.25) is 5.91 Å². The predicted molar refractivity (Wildman–Crippen MR) is 122 cm³/mol. The molecule has 0 saturated heterocycles. The summed E-state index contributed by atoms with van der Waals surface area (Å²) in [5.41, 5.74) is 6.12. The molecule has 2 heterocycles. The lowest BCUT2D eigenvalue weighted by molar-refractivity contribution is -0.122. The van der Waals surface area contributed by atoms with Crippen molar-refractivity contribution in [2.75, 3.05) is 5.43 Å². The SMILES string of the molecule is CCCCC1CCC(C(=O)Nn2cnc3c(cnn3-c3ccc(C)c(C)c3)c2=O)CC1. The molecule has 0 spiro atoms. The number of carbonyl (C=O) groups is 1. The van der Waals surface area contributed by atoms with E-state index in [0.29, 0.717) is 11.0 Å². The molecule has 1 aliphatic rings. The Hall–Kier alpha value is -2.96. The number of aromatic nitrogens is 4. The maximum atomic E-state index is 12.9. The number of nitrogens with zero attached hydrogens (tertiary/aromatic N) is 4. The van der Waals surface area contributed by atoms with Crippen LogP contribution in [-0.4, -0.2) is 25.3 Å². The Balaban J connectivity index is 1.49. The van der Waals surface area contributed by atoms with Gasteiger partial charge in [-0.1, -0.05) is 32.3 Å². The highest BCUT2D eigenvalue weighted by Crippen LogP contribution is 2.32. The fraction of sp³-hybridized carbons (Fsp3) is 0.500. The monoisotopic (exact) mass is 421 g/mol. The molecule has 0 aliphatic heterocycles. The third kappa shape index (κ3) is 4.40. The average Bonchev–Trinajstić information content (AvgIpc) is 3.21. The van der Waals surface area contributed by atoms with Crippen LogP contribution in [0.2, 0.25) is 0 Å². The van der Waals surface area contributed by atoms with Crippen molar-refractivity contribution in [1.82, 2.24) is 19.4 Å². The van der Waals surface area contributed by atoms with Crippen molar-refractivity contribution in [1.29, 1.82) is 0 Å². The average molecular weight is 422 g/mol. The highest BCUT2D eigenvalue weighted by atomic mass is 16.2. The van der Waals surface area contributed by atoms with Gasteiger partial charge in [0.05, 0.1) is 11.9 Å². The van der Waals surface area contributed by atoms with Gasteiger partial charge >= 0.3 is 0 Å². The van der Waals surface area contributed by atoms with E-state index in [0.717, 1.165) is 42.9 Å². The molecule has 2 aromatic heterocycles. The molecular formula is C24H31N5O2. The second-order valence-corrected chi connectivity index (χ2v) is 8.82. The quantitative estimate of drug-likeness (QED) is 0.645. The van der Waals surface area contributed by atoms with E-state index in [1.54, 1.807) is 4.68 Å². The van der Waals surface area contributed by atoms with Crippen LogP contribution in [0.5, 0.6) is 0 Å². The van der Waals surface area contributed by atoms with Crippen molar-refractivity contribution < 1.29 is 4.79 Å². The van der Waals surface area contributed by atoms with Gasteiger partial charge in [0.25, 0.3) is 5.56 Å². The number of amides is 1. The fourth-order valence-electron chi connectivity index (χ4n) is 4.45. The Labute approximate surface area is 182 Å². The van der Waals surface area contributed by atoms with Gasteiger partial charge in [-0.15, -0.1) is 0 Å². The summed E-state index contributed by atoms with van der Waals surface area (Å²) in [6.07, 6.45) is 10.6. The first kappa shape index (κ1) is 21.3. The minimum atomic E-state index is -0.315. The summed E-state index contributed by atoms with van der Waals surface area (Å²) >= 11 is 0. The Bertz CT molecular complexity index is 1140. The van der Waals surface area contributed by atoms with E-state index in [2.05, 4.69) is 29.4 Å². The number of rotatable bonds is 6. The normalized spacial score (nSPS) is 18.9. The molecule has 3 aromatic rings.